The molecule has 1 heterocycles. The molecule has 25 heavy (non-hydrogen) atoms. The van der Waals surface area contributed by atoms with E-state index in [-0.39, 0.29) is 0 Å². The molecule has 142 valence electrons. The molecule has 1 nitrogen and oxygen atoms in total. The van der Waals surface area contributed by atoms with Crippen LogP contribution in [0.2, 0.25) is 0 Å². The lowest BCUT2D eigenvalue weighted by Crippen LogP contribution is -2.33. The van der Waals surface area contributed by atoms with Crippen molar-refractivity contribution in [2.24, 2.45) is 29.6 Å². The molecule has 3 fully saturated rings. The first-order valence-electron chi connectivity index (χ1n) is 11.2. The summed E-state index contributed by atoms with van der Waals surface area (Å²) in [6.45, 7) is 7.25. The van der Waals surface area contributed by atoms with E-state index in [0.717, 1.165) is 30.3 Å². The average molecular weight is 345 g/mol. The topological polar surface area (TPSA) is 9.23 Å². The Hall–Kier alpha value is -0.560. The van der Waals surface area contributed by atoms with Crippen LogP contribution in [0.1, 0.15) is 84.0 Å². The zero-order valence-corrected chi connectivity index (χ0v) is 16.5. The van der Waals surface area contributed by atoms with Crippen LogP contribution in [0.15, 0.2) is 24.8 Å². The first-order chi connectivity index (χ1) is 12.3. The third-order valence-corrected chi connectivity index (χ3v) is 7.27. The monoisotopic (exact) mass is 344 g/mol. The van der Waals surface area contributed by atoms with Crippen molar-refractivity contribution in [3.05, 3.63) is 24.8 Å². The molecule has 0 bridgehead atoms. The summed E-state index contributed by atoms with van der Waals surface area (Å²) in [5.74, 6) is 4.12. The minimum atomic E-state index is 0.565. The van der Waals surface area contributed by atoms with Gasteiger partial charge >= 0.3 is 0 Å². The van der Waals surface area contributed by atoms with Gasteiger partial charge in [0.1, 0.15) is 0 Å². The van der Waals surface area contributed by atoms with Gasteiger partial charge in [-0.15, -0.1) is 6.58 Å². The summed E-state index contributed by atoms with van der Waals surface area (Å²) < 4.78 is 6.34. The quantitative estimate of drug-likeness (QED) is 0.474. The molecule has 0 amide bonds. The molecule has 2 atom stereocenters. The van der Waals surface area contributed by atoms with E-state index in [1.165, 1.54) is 77.0 Å². The van der Waals surface area contributed by atoms with Gasteiger partial charge in [0, 0.05) is 5.92 Å². The summed E-state index contributed by atoms with van der Waals surface area (Å²) in [6.07, 6.45) is 24.3. The highest BCUT2D eigenvalue weighted by Gasteiger charge is 2.31. The normalized spacial score (nSPS) is 40.2. The summed E-state index contributed by atoms with van der Waals surface area (Å²) in [5.41, 5.74) is 0. The minimum Gasteiger partial charge on any atom is -0.377 e. The predicted molar refractivity (Wildman–Crippen MR) is 108 cm³/mol. The van der Waals surface area contributed by atoms with Crippen LogP contribution in [0.3, 0.4) is 0 Å². The highest BCUT2D eigenvalue weighted by molar-refractivity contribution is 4.98. The molecule has 3 rings (SSSR count). The summed E-state index contributed by atoms with van der Waals surface area (Å²) in [6, 6.07) is 0. The standard InChI is InChI=1S/C24H40O/c1-3-5-20-12-15-23(16-13-20)24-17-14-22(18-25-24)11-10-21-8-6-19(4-2)7-9-21/h4,10-11,19-24H,2-3,5-9,12-18H2,1H3/b11-10+. The molecule has 2 aliphatic carbocycles. The fourth-order valence-electron chi connectivity index (χ4n) is 5.46. The Morgan fingerprint density at radius 3 is 2.04 bits per heavy atom. The van der Waals surface area contributed by atoms with Crippen LogP contribution in [-0.2, 0) is 4.74 Å². The lowest BCUT2D eigenvalue weighted by Gasteiger charge is -2.37. The van der Waals surface area contributed by atoms with E-state index in [1.54, 1.807) is 0 Å². The van der Waals surface area contributed by atoms with Crippen LogP contribution >= 0.6 is 0 Å². The van der Waals surface area contributed by atoms with Gasteiger partial charge in [-0.1, -0.05) is 50.8 Å². The van der Waals surface area contributed by atoms with E-state index in [1.807, 2.05) is 0 Å². The Bertz CT molecular complexity index is 402. The Morgan fingerprint density at radius 1 is 0.800 bits per heavy atom. The Labute approximate surface area is 156 Å². The third-order valence-electron chi connectivity index (χ3n) is 7.27. The number of rotatable bonds is 6. The van der Waals surface area contributed by atoms with Gasteiger partial charge in [0.15, 0.2) is 0 Å². The first-order valence-corrected chi connectivity index (χ1v) is 11.2. The van der Waals surface area contributed by atoms with E-state index in [4.69, 9.17) is 4.74 Å². The molecule has 2 saturated carbocycles. The Morgan fingerprint density at radius 2 is 1.44 bits per heavy atom. The van der Waals surface area contributed by atoms with Crippen LogP contribution in [0.4, 0.5) is 0 Å². The highest BCUT2D eigenvalue weighted by Crippen LogP contribution is 2.38. The molecular weight excluding hydrogens is 304 g/mol. The second kappa shape index (κ2) is 9.95. The van der Waals surface area contributed by atoms with Crippen molar-refractivity contribution in [1.29, 1.82) is 0 Å². The molecule has 0 aromatic heterocycles. The minimum absolute atomic E-state index is 0.565. The Kier molecular flexibility index (Phi) is 7.65. The number of ether oxygens (including phenoxy) is 1. The smallest absolute Gasteiger partial charge is 0.0603 e. The van der Waals surface area contributed by atoms with Crippen molar-refractivity contribution in [3.63, 3.8) is 0 Å². The van der Waals surface area contributed by atoms with E-state index in [9.17, 15) is 0 Å². The van der Waals surface area contributed by atoms with Gasteiger partial charge in [-0.2, -0.15) is 0 Å². The Balaban J connectivity index is 1.35. The van der Waals surface area contributed by atoms with Crippen molar-refractivity contribution in [1.82, 2.24) is 0 Å². The summed E-state index contributed by atoms with van der Waals surface area (Å²) in [5, 5.41) is 0. The van der Waals surface area contributed by atoms with Crippen molar-refractivity contribution < 1.29 is 4.74 Å². The van der Waals surface area contributed by atoms with Crippen molar-refractivity contribution in [2.45, 2.75) is 90.1 Å². The van der Waals surface area contributed by atoms with Crippen LogP contribution in [0.25, 0.3) is 0 Å². The van der Waals surface area contributed by atoms with Gasteiger partial charge in [-0.25, -0.2) is 0 Å². The van der Waals surface area contributed by atoms with Crippen LogP contribution in [0, 0.1) is 29.6 Å². The summed E-state index contributed by atoms with van der Waals surface area (Å²) in [4.78, 5) is 0. The molecule has 0 aromatic carbocycles. The van der Waals surface area contributed by atoms with Gasteiger partial charge in [-0.05, 0) is 75.0 Å². The van der Waals surface area contributed by atoms with E-state index >= 15 is 0 Å². The maximum Gasteiger partial charge on any atom is 0.0603 e. The second-order valence-electron chi connectivity index (χ2n) is 9.07. The van der Waals surface area contributed by atoms with Gasteiger partial charge in [0.25, 0.3) is 0 Å². The van der Waals surface area contributed by atoms with Crippen LogP contribution in [-0.4, -0.2) is 12.7 Å². The molecule has 0 spiro atoms. The molecule has 0 aromatic rings. The number of hydrogen-bond acceptors (Lipinski definition) is 1. The molecular formula is C24H40O. The molecule has 0 radical (unpaired) electrons. The van der Waals surface area contributed by atoms with Crippen molar-refractivity contribution in [2.75, 3.05) is 6.61 Å². The van der Waals surface area contributed by atoms with Gasteiger partial charge in [0.05, 0.1) is 12.7 Å². The van der Waals surface area contributed by atoms with Crippen LogP contribution < -0.4 is 0 Å². The summed E-state index contributed by atoms with van der Waals surface area (Å²) >= 11 is 0. The van der Waals surface area contributed by atoms with E-state index in [0.29, 0.717) is 12.0 Å². The fourth-order valence-corrected chi connectivity index (χ4v) is 5.46. The highest BCUT2D eigenvalue weighted by atomic mass is 16.5. The van der Waals surface area contributed by atoms with Gasteiger partial charge < -0.3 is 4.74 Å². The van der Waals surface area contributed by atoms with Gasteiger partial charge in [-0.3, -0.25) is 0 Å². The van der Waals surface area contributed by atoms with E-state index < -0.39 is 0 Å². The number of hydrogen-bond donors (Lipinski definition) is 0. The summed E-state index contributed by atoms with van der Waals surface area (Å²) in [7, 11) is 0. The SMILES string of the molecule is C=CC1CCC(/C=C/C2CCC(C3CCC(CCC)CC3)OC2)CC1. The predicted octanol–water partition coefficient (Wildman–Crippen LogP) is 6.94. The fraction of sp³-hybridized carbons (Fsp3) is 0.833. The zero-order chi connectivity index (χ0) is 17.5. The van der Waals surface area contributed by atoms with Crippen LogP contribution in [0.5, 0.6) is 0 Å². The third kappa shape index (κ3) is 5.71. The van der Waals surface area contributed by atoms with Gasteiger partial charge in [0.2, 0.25) is 0 Å². The molecule has 1 heteroatoms. The van der Waals surface area contributed by atoms with E-state index in [2.05, 4.69) is 31.7 Å². The largest absolute Gasteiger partial charge is 0.377 e. The molecule has 0 N–H and O–H groups in total. The molecule has 2 unspecified atom stereocenters. The van der Waals surface area contributed by atoms with Crippen molar-refractivity contribution in [3.8, 4) is 0 Å². The maximum atomic E-state index is 6.34. The molecule has 1 aliphatic heterocycles. The number of allylic oxidation sites excluding steroid dienone is 2. The molecule has 3 aliphatic rings. The maximum absolute atomic E-state index is 6.34. The average Bonchev–Trinajstić information content (AvgIpc) is 2.68. The molecule has 1 saturated heterocycles. The second-order valence-corrected chi connectivity index (χ2v) is 9.07. The first kappa shape index (κ1) is 19.2. The van der Waals surface area contributed by atoms with Crippen molar-refractivity contribution >= 4 is 0 Å². The lowest BCUT2D eigenvalue weighted by molar-refractivity contribution is -0.0494. The zero-order valence-electron chi connectivity index (χ0n) is 16.5. The lowest BCUT2D eigenvalue weighted by atomic mass is 9.76.